The first-order valence-corrected chi connectivity index (χ1v) is 7.84. The van der Waals surface area contributed by atoms with Gasteiger partial charge in [0.1, 0.15) is 0 Å². The molecule has 6 nitrogen and oxygen atoms in total. The molecule has 2 aromatic rings. The maximum absolute atomic E-state index is 12.0. The predicted octanol–water partition coefficient (Wildman–Crippen LogP) is 3.81. The van der Waals surface area contributed by atoms with Crippen molar-refractivity contribution in [2.24, 2.45) is 0 Å². The zero-order valence-corrected chi connectivity index (χ0v) is 15.0. The van der Waals surface area contributed by atoms with Crippen LogP contribution in [0, 0.1) is 0 Å². The van der Waals surface area contributed by atoms with Crippen molar-refractivity contribution in [1.29, 1.82) is 0 Å². The van der Waals surface area contributed by atoms with Crippen molar-refractivity contribution < 1.29 is 23.8 Å². The fourth-order valence-corrected chi connectivity index (χ4v) is 2.34. The van der Waals surface area contributed by atoms with Gasteiger partial charge in [-0.2, -0.15) is 0 Å². The number of nitrogens with one attached hydrogen (secondary N) is 1. The van der Waals surface area contributed by atoms with Crippen LogP contribution in [0.1, 0.15) is 10.4 Å². The van der Waals surface area contributed by atoms with Crippen LogP contribution in [0.2, 0.25) is 10.0 Å². The fourth-order valence-electron chi connectivity index (χ4n) is 1.97. The second-order valence-electron chi connectivity index (χ2n) is 4.82. The molecule has 132 valence electrons. The van der Waals surface area contributed by atoms with Crippen molar-refractivity contribution in [1.82, 2.24) is 0 Å². The number of amides is 1. The molecule has 0 radical (unpaired) electrons. The van der Waals surface area contributed by atoms with Gasteiger partial charge in [0, 0.05) is 16.8 Å². The lowest BCUT2D eigenvalue weighted by Gasteiger charge is -2.11. The van der Waals surface area contributed by atoms with Gasteiger partial charge in [0.05, 0.1) is 24.8 Å². The number of benzene rings is 2. The van der Waals surface area contributed by atoms with Crippen LogP contribution >= 0.6 is 23.2 Å². The zero-order valence-electron chi connectivity index (χ0n) is 13.5. The first kappa shape index (κ1) is 18.9. The molecule has 0 spiro atoms. The van der Waals surface area contributed by atoms with Crippen LogP contribution in [0.5, 0.6) is 11.5 Å². The summed E-state index contributed by atoms with van der Waals surface area (Å²) in [6, 6.07) is 9.26. The maximum atomic E-state index is 12.0. The molecule has 0 fully saturated rings. The van der Waals surface area contributed by atoms with Crippen LogP contribution < -0.4 is 14.8 Å². The van der Waals surface area contributed by atoms with Crippen molar-refractivity contribution in [3.8, 4) is 11.5 Å². The number of carbonyl (C=O) groups excluding carboxylic acids is 2. The highest BCUT2D eigenvalue weighted by Gasteiger charge is 2.15. The summed E-state index contributed by atoms with van der Waals surface area (Å²) in [5, 5.41) is 3.12. The lowest BCUT2D eigenvalue weighted by Crippen LogP contribution is -2.21. The van der Waals surface area contributed by atoms with Crippen LogP contribution in [0.4, 0.5) is 5.69 Å². The van der Waals surface area contributed by atoms with Crippen molar-refractivity contribution in [2.75, 3.05) is 26.1 Å². The average Bonchev–Trinajstić information content (AvgIpc) is 2.61. The van der Waals surface area contributed by atoms with Crippen LogP contribution in [0.25, 0.3) is 0 Å². The molecule has 0 atom stereocenters. The van der Waals surface area contributed by atoms with Gasteiger partial charge in [-0.25, -0.2) is 4.79 Å². The molecule has 0 heterocycles. The van der Waals surface area contributed by atoms with Crippen molar-refractivity contribution in [3.63, 3.8) is 0 Å². The summed E-state index contributed by atoms with van der Waals surface area (Å²) in [5.41, 5.74) is 0.563. The Morgan fingerprint density at radius 3 is 2.40 bits per heavy atom. The first-order valence-electron chi connectivity index (χ1n) is 7.08. The molecule has 0 aliphatic rings. The van der Waals surface area contributed by atoms with E-state index in [0.29, 0.717) is 22.2 Å². The van der Waals surface area contributed by atoms with E-state index in [0.717, 1.165) is 0 Å². The van der Waals surface area contributed by atoms with Crippen LogP contribution in [-0.4, -0.2) is 32.7 Å². The van der Waals surface area contributed by atoms with Crippen molar-refractivity contribution in [2.45, 2.75) is 0 Å². The highest BCUT2D eigenvalue weighted by molar-refractivity contribution is 6.35. The van der Waals surface area contributed by atoms with E-state index in [4.69, 9.17) is 37.4 Å². The van der Waals surface area contributed by atoms with E-state index in [1.54, 1.807) is 24.3 Å². The molecule has 2 aromatic carbocycles. The van der Waals surface area contributed by atoms with Crippen molar-refractivity contribution >= 4 is 40.8 Å². The van der Waals surface area contributed by atoms with E-state index in [-0.39, 0.29) is 10.6 Å². The molecule has 0 saturated carbocycles. The summed E-state index contributed by atoms with van der Waals surface area (Å²) in [5.74, 6) is -0.265. The number of halogens is 2. The minimum atomic E-state index is -0.741. The predicted molar refractivity (Wildman–Crippen MR) is 94.9 cm³/mol. The van der Waals surface area contributed by atoms with Gasteiger partial charge < -0.3 is 19.5 Å². The van der Waals surface area contributed by atoms with Crippen molar-refractivity contribution in [3.05, 3.63) is 52.0 Å². The van der Waals surface area contributed by atoms with Gasteiger partial charge in [0.2, 0.25) is 0 Å². The van der Waals surface area contributed by atoms with E-state index in [1.165, 1.54) is 26.4 Å². The number of methoxy groups -OCH3 is 2. The summed E-state index contributed by atoms with van der Waals surface area (Å²) in [6.07, 6.45) is 0. The van der Waals surface area contributed by atoms with Gasteiger partial charge in [-0.05, 0) is 30.3 Å². The Labute approximate surface area is 154 Å². The minimum absolute atomic E-state index is 0.0908. The number of rotatable bonds is 6. The number of hydrogen-bond acceptors (Lipinski definition) is 5. The summed E-state index contributed by atoms with van der Waals surface area (Å²) >= 11 is 11.7. The van der Waals surface area contributed by atoms with E-state index in [1.807, 2.05) is 0 Å². The molecule has 2 rings (SSSR count). The highest BCUT2D eigenvalue weighted by atomic mass is 35.5. The third-order valence-corrected chi connectivity index (χ3v) is 3.71. The van der Waals surface area contributed by atoms with Crippen LogP contribution in [0.15, 0.2) is 36.4 Å². The molecule has 8 heteroatoms. The second-order valence-corrected chi connectivity index (χ2v) is 5.66. The minimum Gasteiger partial charge on any atom is -0.493 e. The number of esters is 1. The Morgan fingerprint density at radius 2 is 1.72 bits per heavy atom. The van der Waals surface area contributed by atoms with Gasteiger partial charge in [-0.1, -0.05) is 23.2 Å². The first-order chi connectivity index (χ1) is 11.9. The molecule has 0 aromatic heterocycles. The van der Waals surface area contributed by atoms with E-state index < -0.39 is 18.5 Å². The molecule has 0 aliphatic carbocycles. The Hall–Kier alpha value is -2.44. The quantitative estimate of drug-likeness (QED) is 0.767. The smallest absolute Gasteiger partial charge is 0.340 e. The fraction of sp³-hybridized carbons (Fsp3) is 0.176. The Morgan fingerprint density at radius 1 is 1.00 bits per heavy atom. The summed E-state index contributed by atoms with van der Waals surface area (Å²) in [6.45, 7) is -0.476. The van der Waals surface area contributed by atoms with E-state index in [9.17, 15) is 9.59 Å². The third-order valence-electron chi connectivity index (χ3n) is 3.15. The van der Waals surface area contributed by atoms with Gasteiger partial charge >= 0.3 is 5.97 Å². The van der Waals surface area contributed by atoms with E-state index >= 15 is 0 Å². The molecule has 1 N–H and O–H groups in total. The second kappa shape index (κ2) is 8.60. The molecule has 25 heavy (non-hydrogen) atoms. The molecule has 0 aliphatic heterocycles. The summed E-state index contributed by atoms with van der Waals surface area (Å²) < 4.78 is 15.2. The van der Waals surface area contributed by atoms with Crippen LogP contribution in [0.3, 0.4) is 0 Å². The number of hydrogen-bond donors (Lipinski definition) is 1. The zero-order chi connectivity index (χ0) is 18.4. The summed E-state index contributed by atoms with van der Waals surface area (Å²) in [7, 11) is 3.00. The molecule has 0 unspecified atom stereocenters. The lowest BCUT2D eigenvalue weighted by atomic mass is 10.2. The molecule has 1 amide bonds. The molecular formula is C17H15Cl2NO5. The standard InChI is InChI=1S/C17H15Cl2NO5/c1-23-14-6-4-11(8-15(14)24-2)20-16(21)9-25-17(22)12-7-10(18)3-5-13(12)19/h3-8H,9H2,1-2H3,(H,20,21). The summed E-state index contributed by atoms with van der Waals surface area (Å²) in [4.78, 5) is 23.9. The largest absolute Gasteiger partial charge is 0.493 e. The monoisotopic (exact) mass is 383 g/mol. The highest BCUT2D eigenvalue weighted by Crippen LogP contribution is 2.29. The van der Waals surface area contributed by atoms with Gasteiger partial charge in [-0.15, -0.1) is 0 Å². The van der Waals surface area contributed by atoms with Gasteiger partial charge in [0.15, 0.2) is 18.1 Å². The molecule has 0 bridgehead atoms. The average molecular weight is 384 g/mol. The topological polar surface area (TPSA) is 73.9 Å². The number of carbonyl (C=O) groups is 2. The lowest BCUT2D eigenvalue weighted by molar-refractivity contribution is -0.119. The maximum Gasteiger partial charge on any atom is 0.340 e. The Kier molecular flexibility index (Phi) is 6.50. The number of anilines is 1. The third kappa shape index (κ3) is 5.01. The van der Waals surface area contributed by atoms with E-state index in [2.05, 4.69) is 5.32 Å². The molecular weight excluding hydrogens is 369 g/mol. The molecule has 0 saturated heterocycles. The SMILES string of the molecule is COc1ccc(NC(=O)COC(=O)c2cc(Cl)ccc2Cl)cc1OC. The Bertz CT molecular complexity index is 795. The van der Waals surface area contributed by atoms with Gasteiger partial charge in [-0.3, -0.25) is 4.79 Å². The number of ether oxygens (including phenoxy) is 3. The Balaban J connectivity index is 1.96. The normalized spacial score (nSPS) is 10.1. The van der Waals surface area contributed by atoms with Gasteiger partial charge in [0.25, 0.3) is 5.91 Å². The van der Waals surface area contributed by atoms with Crippen LogP contribution in [-0.2, 0) is 9.53 Å².